The fourth-order valence-electron chi connectivity index (χ4n) is 3.74. The number of H-pyrrole nitrogens is 1. The van der Waals surface area contributed by atoms with Crippen LogP contribution in [0.15, 0.2) is 58.5 Å². The van der Waals surface area contributed by atoms with Crippen LogP contribution in [0.25, 0.3) is 27.3 Å². The number of thioether (sulfide) groups is 1. The minimum absolute atomic E-state index is 0.0851. The van der Waals surface area contributed by atoms with E-state index in [0.29, 0.717) is 17.0 Å². The van der Waals surface area contributed by atoms with Crippen LogP contribution in [-0.2, 0) is 5.75 Å². The summed E-state index contributed by atoms with van der Waals surface area (Å²) in [6.45, 7) is 8.20. The van der Waals surface area contributed by atoms with Gasteiger partial charge < -0.3 is 4.98 Å². The normalized spacial score (nSPS) is 11.4. The van der Waals surface area contributed by atoms with Crippen LogP contribution < -0.4 is 5.56 Å². The van der Waals surface area contributed by atoms with Gasteiger partial charge in [0.05, 0.1) is 16.8 Å². The first-order chi connectivity index (χ1) is 15.9. The van der Waals surface area contributed by atoms with Crippen LogP contribution in [0.2, 0.25) is 0 Å². The van der Waals surface area contributed by atoms with E-state index in [4.69, 9.17) is 4.98 Å². The van der Waals surface area contributed by atoms with E-state index in [-0.39, 0.29) is 5.56 Å². The SMILES string of the molecule is Cc1ccc(-n2c(SCc3nc4sc(C)c(C)c4c(=O)[nH]3)nnc2-c2ccccc2)cc1C. The number of fused-ring (bicyclic) bond motifs is 1. The smallest absolute Gasteiger partial charge is 0.259 e. The summed E-state index contributed by atoms with van der Waals surface area (Å²) < 4.78 is 2.07. The van der Waals surface area contributed by atoms with E-state index < -0.39 is 0 Å². The van der Waals surface area contributed by atoms with Gasteiger partial charge in [0.25, 0.3) is 5.56 Å². The van der Waals surface area contributed by atoms with Crippen molar-refractivity contribution in [3.8, 4) is 17.1 Å². The lowest BCUT2D eigenvalue weighted by atomic mass is 10.1. The van der Waals surface area contributed by atoms with Gasteiger partial charge in [-0.15, -0.1) is 21.5 Å². The van der Waals surface area contributed by atoms with Crippen molar-refractivity contribution in [1.29, 1.82) is 0 Å². The van der Waals surface area contributed by atoms with Crippen LogP contribution in [0.3, 0.4) is 0 Å². The van der Waals surface area contributed by atoms with Crippen molar-refractivity contribution in [1.82, 2.24) is 24.7 Å². The first-order valence-electron chi connectivity index (χ1n) is 10.6. The fourth-order valence-corrected chi connectivity index (χ4v) is 5.61. The molecule has 166 valence electrons. The average Bonchev–Trinajstić information content (AvgIpc) is 3.35. The van der Waals surface area contributed by atoms with E-state index >= 15 is 0 Å². The predicted molar refractivity (Wildman–Crippen MR) is 136 cm³/mol. The molecule has 0 atom stereocenters. The van der Waals surface area contributed by atoms with Crippen molar-refractivity contribution in [2.24, 2.45) is 0 Å². The van der Waals surface area contributed by atoms with Crippen LogP contribution >= 0.6 is 23.1 Å². The van der Waals surface area contributed by atoms with E-state index in [1.807, 2.05) is 44.2 Å². The average molecular weight is 474 g/mol. The van der Waals surface area contributed by atoms with Crippen LogP contribution in [0.1, 0.15) is 27.4 Å². The summed E-state index contributed by atoms with van der Waals surface area (Å²) in [7, 11) is 0. The number of thiophene rings is 1. The van der Waals surface area contributed by atoms with Gasteiger partial charge in [-0.1, -0.05) is 48.2 Å². The van der Waals surface area contributed by atoms with Crippen molar-refractivity contribution in [2.75, 3.05) is 0 Å². The second-order valence-corrected chi connectivity index (χ2v) is 10.2. The highest BCUT2D eigenvalue weighted by Gasteiger charge is 2.18. The number of aryl methyl sites for hydroxylation is 4. The van der Waals surface area contributed by atoms with E-state index in [9.17, 15) is 4.79 Å². The number of nitrogens with one attached hydrogen (secondary N) is 1. The van der Waals surface area contributed by atoms with Crippen molar-refractivity contribution in [3.63, 3.8) is 0 Å². The molecule has 1 N–H and O–H groups in total. The number of benzene rings is 2. The summed E-state index contributed by atoms with van der Waals surface area (Å²) >= 11 is 3.07. The first kappa shape index (κ1) is 21.6. The summed E-state index contributed by atoms with van der Waals surface area (Å²) in [5.74, 6) is 1.90. The molecule has 0 aliphatic rings. The van der Waals surface area contributed by atoms with Crippen LogP contribution in [-0.4, -0.2) is 24.7 Å². The second-order valence-electron chi connectivity index (χ2n) is 8.04. The molecule has 8 heteroatoms. The zero-order chi connectivity index (χ0) is 23.1. The Balaban J connectivity index is 1.55. The number of aromatic nitrogens is 5. The Hall–Kier alpha value is -3.23. The van der Waals surface area contributed by atoms with E-state index in [1.165, 1.54) is 22.9 Å². The van der Waals surface area contributed by atoms with Crippen LogP contribution in [0, 0.1) is 27.7 Å². The highest BCUT2D eigenvalue weighted by molar-refractivity contribution is 7.98. The summed E-state index contributed by atoms with van der Waals surface area (Å²) in [6.07, 6.45) is 0. The van der Waals surface area contributed by atoms with Gasteiger partial charge in [-0.2, -0.15) is 0 Å². The molecule has 3 heterocycles. The van der Waals surface area contributed by atoms with E-state index in [1.54, 1.807) is 11.3 Å². The number of hydrogen-bond acceptors (Lipinski definition) is 6. The molecule has 3 aromatic heterocycles. The molecule has 0 amide bonds. The van der Waals surface area contributed by atoms with Crippen LogP contribution in [0.5, 0.6) is 0 Å². The minimum Gasteiger partial charge on any atom is -0.309 e. The number of aromatic amines is 1. The van der Waals surface area contributed by atoms with Gasteiger partial charge in [-0.3, -0.25) is 9.36 Å². The lowest BCUT2D eigenvalue weighted by Crippen LogP contribution is -2.11. The molecule has 0 saturated heterocycles. The highest BCUT2D eigenvalue weighted by Crippen LogP contribution is 2.31. The Kier molecular flexibility index (Phi) is 5.64. The molecule has 0 aliphatic carbocycles. The largest absolute Gasteiger partial charge is 0.309 e. The van der Waals surface area contributed by atoms with Gasteiger partial charge in [-0.05, 0) is 56.5 Å². The molecule has 0 fully saturated rings. The Labute approximate surface area is 199 Å². The molecule has 5 aromatic rings. The van der Waals surface area contributed by atoms with Crippen molar-refractivity contribution in [3.05, 3.63) is 86.3 Å². The Morgan fingerprint density at radius 3 is 2.55 bits per heavy atom. The molecule has 0 radical (unpaired) electrons. The van der Waals surface area contributed by atoms with Crippen molar-refractivity contribution >= 4 is 33.3 Å². The Bertz CT molecular complexity index is 1530. The molecular weight excluding hydrogens is 450 g/mol. The molecule has 0 saturated carbocycles. The lowest BCUT2D eigenvalue weighted by molar-refractivity contribution is 0.882. The quantitative estimate of drug-likeness (QED) is 0.329. The maximum absolute atomic E-state index is 12.7. The molecular formula is C25H23N5OS2. The number of nitrogens with zero attached hydrogens (tertiary/aromatic N) is 4. The van der Waals surface area contributed by atoms with E-state index in [0.717, 1.165) is 37.5 Å². The standard InChI is InChI=1S/C25H23N5OS2/c1-14-10-11-19(12-15(14)2)30-22(18-8-6-5-7-9-18)28-29-25(30)32-13-20-26-23(31)21-16(3)17(4)33-24(21)27-20/h5-12H,13H2,1-4H3,(H,26,27,31). The molecule has 0 aliphatic heterocycles. The summed E-state index contributed by atoms with van der Waals surface area (Å²) in [5, 5.41) is 10.4. The zero-order valence-corrected chi connectivity index (χ0v) is 20.5. The molecule has 0 unspecified atom stereocenters. The molecule has 5 rings (SSSR count). The molecule has 6 nitrogen and oxygen atoms in total. The third kappa shape index (κ3) is 4.00. The van der Waals surface area contributed by atoms with E-state index in [2.05, 4.69) is 51.8 Å². The summed E-state index contributed by atoms with van der Waals surface area (Å²) in [5.41, 5.74) is 5.36. The number of hydrogen-bond donors (Lipinski definition) is 1. The third-order valence-corrected chi connectivity index (χ3v) is 7.88. The fraction of sp³-hybridized carbons (Fsp3) is 0.200. The highest BCUT2D eigenvalue weighted by atomic mass is 32.2. The third-order valence-electron chi connectivity index (χ3n) is 5.84. The topological polar surface area (TPSA) is 76.5 Å². The van der Waals surface area contributed by atoms with Crippen LogP contribution in [0.4, 0.5) is 0 Å². The van der Waals surface area contributed by atoms with Gasteiger partial charge in [0.15, 0.2) is 11.0 Å². The van der Waals surface area contributed by atoms with Gasteiger partial charge in [0.2, 0.25) is 0 Å². The summed E-state index contributed by atoms with van der Waals surface area (Å²) in [4.78, 5) is 22.2. The lowest BCUT2D eigenvalue weighted by Gasteiger charge is -2.12. The Morgan fingerprint density at radius 2 is 1.79 bits per heavy atom. The number of rotatable bonds is 5. The maximum atomic E-state index is 12.7. The van der Waals surface area contributed by atoms with Gasteiger partial charge in [-0.25, -0.2) is 4.98 Å². The van der Waals surface area contributed by atoms with Gasteiger partial charge >= 0.3 is 0 Å². The zero-order valence-electron chi connectivity index (χ0n) is 18.8. The predicted octanol–water partition coefficient (Wildman–Crippen LogP) is 5.76. The summed E-state index contributed by atoms with van der Waals surface area (Å²) in [6, 6.07) is 16.4. The Morgan fingerprint density at radius 1 is 1.00 bits per heavy atom. The molecule has 0 bridgehead atoms. The minimum atomic E-state index is -0.0851. The van der Waals surface area contributed by atoms with Crippen molar-refractivity contribution in [2.45, 2.75) is 38.6 Å². The molecule has 33 heavy (non-hydrogen) atoms. The molecule has 0 spiro atoms. The monoisotopic (exact) mass is 473 g/mol. The maximum Gasteiger partial charge on any atom is 0.259 e. The van der Waals surface area contributed by atoms with Gasteiger partial charge in [0.1, 0.15) is 10.7 Å². The van der Waals surface area contributed by atoms with Gasteiger partial charge in [0, 0.05) is 10.4 Å². The first-order valence-corrected chi connectivity index (χ1v) is 12.4. The molecule has 2 aromatic carbocycles. The van der Waals surface area contributed by atoms with Crippen molar-refractivity contribution < 1.29 is 0 Å². The second kappa shape index (κ2) is 8.61.